The lowest BCUT2D eigenvalue weighted by atomic mass is 9.70. The zero-order valence-corrected chi connectivity index (χ0v) is 13.6. The van der Waals surface area contributed by atoms with Crippen LogP contribution < -0.4 is 4.74 Å². The van der Waals surface area contributed by atoms with Gasteiger partial charge in [0, 0.05) is 25.1 Å². The van der Waals surface area contributed by atoms with Gasteiger partial charge in [0.1, 0.15) is 5.75 Å². The number of hydrogen-bond donors (Lipinski definition) is 1. The molecule has 1 fully saturated rings. The molecule has 0 heterocycles. The van der Waals surface area contributed by atoms with Crippen LogP contribution in [0.15, 0.2) is 24.3 Å². The van der Waals surface area contributed by atoms with Crippen molar-refractivity contribution in [1.82, 2.24) is 4.90 Å². The van der Waals surface area contributed by atoms with E-state index in [4.69, 9.17) is 4.74 Å². The van der Waals surface area contributed by atoms with E-state index in [0.717, 1.165) is 37.6 Å². The van der Waals surface area contributed by atoms with Crippen LogP contribution in [-0.2, 0) is 6.54 Å². The first-order valence-corrected chi connectivity index (χ1v) is 7.99. The van der Waals surface area contributed by atoms with Crippen LogP contribution in [0.2, 0.25) is 0 Å². The lowest BCUT2D eigenvalue weighted by molar-refractivity contribution is 0.0290. The summed E-state index contributed by atoms with van der Waals surface area (Å²) in [4.78, 5) is 2.34. The van der Waals surface area contributed by atoms with Crippen LogP contribution in [0.4, 0.5) is 0 Å². The van der Waals surface area contributed by atoms with E-state index in [2.05, 4.69) is 31.0 Å². The van der Waals surface area contributed by atoms with Crippen molar-refractivity contribution in [2.45, 2.75) is 39.2 Å². The minimum absolute atomic E-state index is 0.0886. The highest BCUT2D eigenvalue weighted by Crippen LogP contribution is 2.39. The third kappa shape index (κ3) is 4.45. The largest absolute Gasteiger partial charge is 0.497 e. The van der Waals surface area contributed by atoms with Gasteiger partial charge in [-0.25, -0.2) is 0 Å². The molecule has 0 radical (unpaired) electrons. The first-order valence-electron chi connectivity index (χ1n) is 7.99. The Balaban J connectivity index is 1.97. The lowest BCUT2D eigenvalue weighted by Gasteiger charge is -2.41. The lowest BCUT2D eigenvalue weighted by Crippen LogP contribution is -2.41. The molecular weight excluding hydrogens is 262 g/mol. The quantitative estimate of drug-likeness (QED) is 0.873. The first-order chi connectivity index (χ1) is 10.1. The Morgan fingerprint density at radius 1 is 1.43 bits per heavy atom. The molecule has 3 heteroatoms. The molecular formula is C18H29NO2. The van der Waals surface area contributed by atoms with E-state index in [-0.39, 0.29) is 5.41 Å². The third-order valence-electron chi connectivity index (χ3n) is 4.71. The van der Waals surface area contributed by atoms with Crippen LogP contribution in [-0.4, -0.2) is 37.3 Å². The molecule has 0 amide bonds. The Bertz CT molecular complexity index is 449. The maximum Gasteiger partial charge on any atom is 0.119 e. The number of rotatable bonds is 6. The molecule has 1 N–H and O–H groups in total. The number of aliphatic hydroxyl groups is 1. The molecule has 1 aliphatic rings. The second-order valence-electron chi connectivity index (χ2n) is 6.88. The van der Waals surface area contributed by atoms with Gasteiger partial charge in [-0.15, -0.1) is 0 Å². The van der Waals surface area contributed by atoms with Crippen molar-refractivity contribution in [2.24, 2.45) is 11.3 Å². The van der Waals surface area contributed by atoms with Gasteiger partial charge in [-0.3, -0.25) is 0 Å². The van der Waals surface area contributed by atoms with E-state index in [1.54, 1.807) is 7.11 Å². The van der Waals surface area contributed by atoms with Crippen molar-refractivity contribution in [1.29, 1.82) is 0 Å². The fourth-order valence-electron chi connectivity index (χ4n) is 3.82. The fraction of sp³-hybridized carbons (Fsp3) is 0.667. The molecule has 0 aliphatic heterocycles. The van der Waals surface area contributed by atoms with Crippen LogP contribution in [0.25, 0.3) is 0 Å². The number of hydrogen-bond acceptors (Lipinski definition) is 3. The van der Waals surface area contributed by atoms with E-state index in [0.29, 0.717) is 6.61 Å². The number of aliphatic hydroxyl groups excluding tert-OH is 1. The molecule has 0 aromatic heterocycles. The van der Waals surface area contributed by atoms with Crippen LogP contribution >= 0.6 is 0 Å². The normalized spacial score (nSPS) is 26.0. The average Bonchev–Trinajstić information content (AvgIpc) is 2.47. The van der Waals surface area contributed by atoms with Crippen molar-refractivity contribution in [2.75, 3.05) is 27.3 Å². The Labute approximate surface area is 128 Å². The molecule has 1 aromatic carbocycles. The predicted octanol–water partition coefficient (Wildman–Crippen LogP) is 3.32. The van der Waals surface area contributed by atoms with Gasteiger partial charge in [-0.1, -0.05) is 31.9 Å². The zero-order valence-electron chi connectivity index (χ0n) is 13.6. The summed E-state index contributed by atoms with van der Waals surface area (Å²) in [7, 11) is 3.85. The fourth-order valence-corrected chi connectivity index (χ4v) is 3.82. The SMILES string of the molecule is COc1cccc(CN(C)CC2(CO)CCCC(C)C2)c1. The highest BCUT2D eigenvalue weighted by Gasteiger charge is 2.35. The monoisotopic (exact) mass is 291 g/mol. The molecule has 3 nitrogen and oxygen atoms in total. The molecule has 1 aromatic rings. The minimum atomic E-state index is 0.0886. The summed E-state index contributed by atoms with van der Waals surface area (Å²) in [6, 6.07) is 8.23. The molecule has 2 rings (SSSR count). The molecule has 0 bridgehead atoms. The summed E-state index contributed by atoms with van der Waals surface area (Å²) < 4.78 is 5.28. The summed E-state index contributed by atoms with van der Waals surface area (Å²) in [5.41, 5.74) is 1.35. The van der Waals surface area contributed by atoms with Crippen LogP contribution in [0.3, 0.4) is 0 Å². The van der Waals surface area contributed by atoms with E-state index in [9.17, 15) is 5.11 Å². The summed E-state index contributed by atoms with van der Waals surface area (Å²) in [6.07, 6.45) is 4.85. The Morgan fingerprint density at radius 2 is 2.24 bits per heavy atom. The zero-order chi connectivity index (χ0) is 15.3. The number of benzene rings is 1. The topological polar surface area (TPSA) is 32.7 Å². The van der Waals surface area contributed by atoms with Crippen molar-refractivity contribution in [3.8, 4) is 5.75 Å². The highest BCUT2D eigenvalue weighted by molar-refractivity contribution is 5.28. The molecule has 0 spiro atoms. The van der Waals surface area contributed by atoms with Gasteiger partial charge in [0.2, 0.25) is 0 Å². The van der Waals surface area contributed by atoms with Crippen LogP contribution in [0.1, 0.15) is 38.2 Å². The first kappa shape index (κ1) is 16.3. The Kier molecular flexibility index (Phi) is 5.65. The molecule has 2 atom stereocenters. The van der Waals surface area contributed by atoms with Gasteiger partial charge >= 0.3 is 0 Å². The average molecular weight is 291 g/mol. The number of ether oxygens (including phenoxy) is 1. The minimum Gasteiger partial charge on any atom is -0.497 e. The number of methoxy groups -OCH3 is 1. The van der Waals surface area contributed by atoms with Crippen molar-refractivity contribution < 1.29 is 9.84 Å². The number of nitrogens with zero attached hydrogens (tertiary/aromatic N) is 1. The van der Waals surface area contributed by atoms with Crippen LogP contribution in [0.5, 0.6) is 5.75 Å². The summed E-state index contributed by atoms with van der Waals surface area (Å²) in [5.74, 6) is 1.64. The molecule has 21 heavy (non-hydrogen) atoms. The van der Waals surface area contributed by atoms with Crippen molar-refractivity contribution in [3.63, 3.8) is 0 Å². The summed E-state index contributed by atoms with van der Waals surface area (Å²) in [5, 5.41) is 9.91. The summed E-state index contributed by atoms with van der Waals surface area (Å²) >= 11 is 0. The van der Waals surface area contributed by atoms with Gasteiger partial charge in [0.05, 0.1) is 7.11 Å². The highest BCUT2D eigenvalue weighted by atomic mass is 16.5. The smallest absolute Gasteiger partial charge is 0.119 e. The maximum atomic E-state index is 9.91. The third-order valence-corrected chi connectivity index (χ3v) is 4.71. The van der Waals surface area contributed by atoms with Gasteiger partial charge in [0.15, 0.2) is 0 Å². The van der Waals surface area contributed by atoms with Gasteiger partial charge < -0.3 is 14.7 Å². The Morgan fingerprint density at radius 3 is 2.90 bits per heavy atom. The van der Waals surface area contributed by atoms with E-state index < -0.39 is 0 Å². The van der Waals surface area contributed by atoms with Crippen molar-refractivity contribution >= 4 is 0 Å². The standard InChI is InChI=1S/C18H29NO2/c1-15-6-5-9-18(11-15,14-20)13-19(2)12-16-7-4-8-17(10-16)21-3/h4,7-8,10,15,20H,5-6,9,11-14H2,1-3H3. The molecule has 0 saturated heterocycles. The van der Waals surface area contributed by atoms with Gasteiger partial charge in [0.25, 0.3) is 0 Å². The molecule has 1 saturated carbocycles. The van der Waals surface area contributed by atoms with E-state index >= 15 is 0 Å². The molecule has 1 aliphatic carbocycles. The van der Waals surface area contributed by atoms with Crippen LogP contribution in [0, 0.1) is 11.3 Å². The second kappa shape index (κ2) is 7.28. The van der Waals surface area contributed by atoms with Gasteiger partial charge in [-0.05, 0) is 43.5 Å². The van der Waals surface area contributed by atoms with Gasteiger partial charge in [-0.2, -0.15) is 0 Å². The Hall–Kier alpha value is -1.06. The van der Waals surface area contributed by atoms with E-state index in [1.165, 1.54) is 18.4 Å². The predicted molar refractivity (Wildman–Crippen MR) is 86.5 cm³/mol. The van der Waals surface area contributed by atoms with Crippen molar-refractivity contribution in [3.05, 3.63) is 29.8 Å². The maximum absolute atomic E-state index is 9.91. The molecule has 118 valence electrons. The second-order valence-corrected chi connectivity index (χ2v) is 6.88. The molecule has 2 unspecified atom stereocenters. The van der Waals surface area contributed by atoms with E-state index in [1.807, 2.05) is 12.1 Å². The summed E-state index contributed by atoms with van der Waals surface area (Å²) in [6.45, 7) is 4.48.